The molecule has 4 rings (SSSR count). The lowest BCUT2D eigenvalue weighted by Crippen LogP contribution is -2.15. The molecule has 3 aromatic carbocycles. The number of thiazole rings is 1. The molecule has 1 amide bonds. The molecule has 0 fully saturated rings. The van der Waals surface area contributed by atoms with E-state index in [0.29, 0.717) is 10.7 Å². The zero-order valence-electron chi connectivity index (χ0n) is 15.9. The van der Waals surface area contributed by atoms with E-state index in [0.717, 1.165) is 26.7 Å². The second kappa shape index (κ2) is 8.60. The van der Waals surface area contributed by atoms with Crippen molar-refractivity contribution in [3.63, 3.8) is 0 Å². The van der Waals surface area contributed by atoms with Crippen molar-refractivity contribution in [3.8, 4) is 21.0 Å². The zero-order chi connectivity index (χ0) is 20.2. The molecule has 5 heteroatoms. The number of benzene rings is 3. The predicted octanol–water partition coefficient (Wildman–Crippen LogP) is 6.62. The number of nitrogens with one attached hydrogen (secondary N) is 1. The fourth-order valence-electron chi connectivity index (χ4n) is 3.03. The molecule has 29 heavy (non-hydrogen) atoms. The van der Waals surface area contributed by atoms with E-state index in [-0.39, 0.29) is 12.3 Å². The summed E-state index contributed by atoms with van der Waals surface area (Å²) in [5, 5.41) is 4.40. The quantitative estimate of drug-likeness (QED) is 0.395. The van der Waals surface area contributed by atoms with Crippen molar-refractivity contribution < 1.29 is 4.79 Å². The van der Waals surface area contributed by atoms with Crippen molar-refractivity contribution in [1.29, 1.82) is 0 Å². The predicted molar refractivity (Wildman–Crippen MR) is 122 cm³/mol. The second-order valence-electron chi connectivity index (χ2n) is 6.76. The Morgan fingerprint density at radius 2 is 1.72 bits per heavy atom. The molecule has 1 N–H and O–H groups in total. The van der Waals surface area contributed by atoms with E-state index in [1.165, 1.54) is 5.56 Å². The first-order chi connectivity index (χ1) is 14.1. The van der Waals surface area contributed by atoms with Gasteiger partial charge in [-0.1, -0.05) is 77.8 Å². The fraction of sp³-hybridized carbons (Fsp3) is 0.0833. The second-order valence-corrected chi connectivity index (χ2v) is 8.20. The van der Waals surface area contributed by atoms with Gasteiger partial charge >= 0.3 is 0 Å². The van der Waals surface area contributed by atoms with Gasteiger partial charge in [-0.05, 0) is 30.7 Å². The highest BCUT2D eigenvalue weighted by atomic mass is 35.5. The molecule has 4 aromatic rings. The van der Waals surface area contributed by atoms with Crippen LogP contribution >= 0.6 is 22.9 Å². The van der Waals surface area contributed by atoms with E-state index >= 15 is 0 Å². The summed E-state index contributed by atoms with van der Waals surface area (Å²) in [6.45, 7) is 2.06. The molecule has 0 aliphatic carbocycles. The topological polar surface area (TPSA) is 42.0 Å². The molecule has 0 atom stereocenters. The number of halogens is 1. The van der Waals surface area contributed by atoms with Crippen LogP contribution in [0.15, 0.2) is 78.9 Å². The van der Waals surface area contributed by atoms with Crippen LogP contribution in [-0.4, -0.2) is 10.9 Å². The lowest BCUT2D eigenvalue weighted by molar-refractivity contribution is -0.115. The standard InChI is InChI=1S/C24H19ClN2OS/c1-16-10-12-17(13-11-16)23-21(27-24(29-23)18-6-3-2-4-7-18)15-22(28)26-20-9-5-8-19(25)14-20/h2-14H,15H2,1H3,(H,26,28). The van der Waals surface area contributed by atoms with Crippen molar-refractivity contribution in [3.05, 3.63) is 95.1 Å². The van der Waals surface area contributed by atoms with Crippen molar-refractivity contribution in [2.24, 2.45) is 0 Å². The molecule has 0 saturated carbocycles. The first-order valence-electron chi connectivity index (χ1n) is 9.26. The van der Waals surface area contributed by atoms with Crippen LogP contribution in [0.4, 0.5) is 5.69 Å². The Balaban J connectivity index is 1.66. The number of hydrogen-bond donors (Lipinski definition) is 1. The van der Waals surface area contributed by atoms with Gasteiger partial charge in [0.2, 0.25) is 5.91 Å². The van der Waals surface area contributed by atoms with Crippen molar-refractivity contribution >= 4 is 34.5 Å². The minimum atomic E-state index is -0.120. The average molecular weight is 419 g/mol. The summed E-state index contributed by atoms with van der Waals surface area (Å²) < 4.78 is 0. The minimum Gasteiger partial charge on any atom is -0.326 e. The van der Waals surface area contributed by atoms with E-state index in [1.54, 1.807) is 23.5 Å². The number of amides is 1. The van der Waals surface area contributed by atoms with Crippen LogP contribution in [0.2, 0.25) is 5.02 Å². The van der Waals surface area contributed by atoms with Gasteiger partial charge in [-0.25, -0.2) is 4.98 Å². The van der Waals surface area contributed by atoms with Crippen molar-refractivity contribution in [1.82, 2.24) is 4.98 Å². The number of aromatic nitrogens is 1. The Morgan fingerprint density at radius 3 is 2.45 bits per heavy atom. The third-order valence-corrected chi connectivity index (χ3v) is 5.90. The Labute approximate surface area is 179 Å². The summed E-state index contributed by atoms with van der Waals surface area (Å²) in [4.78, 5) is 18.5. The molecule has 0 aliphatic rings. The molecular weight excluding hydrogens is 400 g/mol. The van der Waals surface area contributed by atoms with E-state index in [9.17, 15) is 4.79 Å². The number of aryl methyl sites for hydroxylation is 1. The molecule has 0 saturated heterocycles. The van der Waals surface area contributed by atoms with Gasteiger partial charge in [0.25, 0.3) is 0 Å². The molecule has 0 unspecified atom stereocenters. The van der Waals surface area contributed by atoms with Gasteiger partial charge in [0.1, 0.15) is 5.01 Å². The van der Waals surface area contributed by atoms with Crippen LogP contribution < -0.4 is 5.32 Å². The Hall–Kier alpha value is -2.95. The molecule has 0 spiro atoms. The van der Waals surface area contributed by atoms with Crippen LogP contribution in [0.5, 0.6) is 0 Å². The van der Waals surface area contributed by atoms with Crippen molar-refractivity contribution in [2.75, 3.05) is 5.32 Å². The van der Waals surface area contributed by atoms with Gasteiger partial charge < -0.3 is 5.32 Å². The highest BCUT2D eigenvalue weighted by molar-refractivity contribution is 7.18. The minimum absolute atomic E-state index is 0.120. The van der Waals surface area contributed by atoms with Gasteiger partial charge in [0, 0.05) is 16.3 Å². The van der Waals surface area contributed by atoms with E-state index < -0.39 is 0 Å². The summed E-state index contributed by atoms with van der Waals surface area (Å²) >= 11 is 7.63. The maximum absolute atomic E-state index is 12.7. The fourth-order valence-corrected chi connectivity index (χ4v) is 4.31. The van der Waals surface area contributed by atoms with E-state index in [1.807, 2.05) is 42.5 Å². The Kier molecular flexibility index (Phi) is 5.74. The average Bonchev–Trinajstić information content (AvgIpc) is 3.13. The maximum Gasteiger partial charge on any atom is 0.230 e. The van der Waals surface area contributed by atoms with Crippen LogP contribution in [0.1, 0.15) is 11.3 Å². The smallest absolute Gasteiger partial charge is 0.230 e. The first-order valence-corrected chi connectivity index (χ1v) is 10.5. The maximum atomic E-state index is 12.7. The number of carbonyl (C=O) groups excluding carboxylic acids is 1. The summed E-state index contributed by atoms with van der Waals surface area (Å²) in [6.07, 6.45) is 0.194. The Morgan fingerprint density at radius 1 is 0.966 bits per heavy atom. The van der Waals surface area contributed by atoms with Crippen molar-refractivity contribution in [2.45, 2.75) is 13.3 Å². The molecule has 1 aromatic heterocycles. The van der Waals surface area contributed by atoms with Gasteiger partial charge in [-0.3, -0.25) is 4.79 Å². The monoisotopic (exact) mass is 418 g/mol. The van der Waals surface area contributed by atoms with Gasteiger partial charge in [0.15, 0.2) is 0 Å². The highest BCUT2D eigenvalue weighted by Gasteiger charge is 2.17. The molecule has 1 heterocycles. The summed E-state index contributed by atoms with van der Waals surface area (Å²) in [5.41, 5.74) is 4.77. The summed E-state index contributed by atoms with van der Waals surface area (Å²) in [5.74, 6) is -0.120. The lowest BCUT2D eigenvalue weighted by atomic mass is 10.1. The van der Waals surface area contributed by atoms with Crippen LogP contribution in [0.25, 0.3) is 21.0 Å². The number of nitrogens with zero attached hydrogens (tertiary/aromatic N) is 1. The molecule has 0 bridgehead atoms. The van der Waals surface area contributed by atoms with Gasteiger partial charge in [-0.15, -0.1) is 11.3 Å². The summed E-state index contributed by atoms with van der Waals surface area (Å²) in [6, 6.07) is 25.5. The Bertz CT molecular complexity index is 1140. The molecule has 0 radical (unpaired) electrons. The highest BCUT2D eigenvalue weighted by Crippen LogP contribution is 2.36. The number of rotatable bonds is 5. The first kappa shape index (κ1) is 19.4. The van der Waals surface area contributed by atoms with E-state index in [2.05, 4.69) is 36.5 Å². The molecular formula is C24H19ClN2OS. The van der Waals surface area contributed by atoms with Crippen LogP contribution in [-0.2, 0) is 11.2 Å². The summed E-state index contributed by atoms with van der Waals surface area (Å²) in [7, 11) is 0. The molecule has 0 aliphatic heterocycles. The number of anilines is 1. The SMILES string of the molecule is Cc1ccc(-c2sc(-c3ccccc3)nc2CC(=O)Nc2cccc(Cl)c2)cc1. The van der Waals surface area contributed by atoms with Gasteiger partial charge in [0.05, 0.1) is 17.0 Å². The normalized spacial score (nSPS) is 10.7. The lowest BCUT2D eigenvalue weighted by Gasteiger charge is -2.06. The molecule has 3 nitrogen and oxygen atoms in total. The van der Waals surface area contributed by atoms with Crippen LogP contribution in [0, 0.1) is 6.92 Å². The largest absolute Gasteiger partial charge is 0.326 e. The van der Waals surface area contributed by atoms with Gasteiger partial charge in [-0.2, -0.15) is 0 Å². The molecule has 144 valence electrons. The number of hydrogen-bond acceptors (Lipinski definition) is 3. The third kappa shape index (κ3) is 4.73. The zero-order valence-corrected chi connectivity index (χ0v) is 17.4. The third-order valence-electron chi connectivity index (χ3n) is 4.47. The number of carbonyl (C=O) groups is 1. The van der Waals surface area contributed by atoms with Crippen LogP contribution in [0.3, 0.4) is 0 Å². The van der Waals surface area contributed by atoms with E-state index in [4.69, 9.17) is 16.6 Å².